The standard InChI is InChI=1S/C22H23N5O/c1-3-16-5-6-21(24-13-16)27-9-7-26(8-10-27)15-17-11-20-19(23-14-17)12-18(4-2)22(28)25-20/h1,5-6,11-14H,4,7-10,15H2,2H3,(H,25,28). The summed E-state index contributed by atoms with van der Waals surface area (Å²) in [6.45, 7) is 6.52. The molecule has 1 N–H and O–H groups in total. The molecule has 6 nitrogen and oxygen atoms in total. The fourth-order valence-electron chi connectivity index (χ4n) is 3.57. The molecule has 1 aliphatic rings. The van der Waals surface area contributed by atoms with E-state index in [4.69, 9.17) is 6.42 Å². The monoisotopic (exact) mass is 373 g/mol. The predicted molar refractivity (Wildman–Crippen MR) is 111 cm³/mol. The van der Waals surface area contributed by atoms with E-state index in [-0.39, 0.29) is 5.56 Å². The molecule has 1 saturated heterocycles. The van der Waals surface area contributed by atoms with Gasteiger partial charge in [0.25, 0.3) is 5.56 Å². The fraction of sp³-hybridized carbons (Fsp3) is 0.318. The number of H-pyrrole nitrogens is 1. The highest BCUT2D eigenvalue weighted by Crippen LogP contribution is 2.17. The highest BCUT2D eigenvalue weighted by Gasteiger charge is 2.18. The summed E-state index contributed by atoms with van der Waals surface area (Å²) in [5.41, 5.74) is 4.30. The summed E-state index contributed by atoms with van der Waals surface area (Å²) in [5.74, 6) is 3.56. The van der Waals surface area contributed by atoms with Crippen LogP contribution in [0.5, 0.6) is 0 Å². The maximum Gasteiger partial charge on any atom is 0.251 e. The number of hydrogen-bond acceptors (Lipinski definition) is 5. The SMILES string of the molecule is C#Cc1ccc(N2CCN(Cc3cnc4cc(CC)c(=O)[nH]c4c3)CC2)nc1. The lowest BCUT2D eigenvalue weighted by Crippen LogP contribution is -2.46. The summed E-state index contributed by atoms with van der Waals surface area (Å²) in [5, 5.41) is 0. The van der Waals surface area contributed by atoms with Crippen LogP contribution in [0.25, 0.3) is 11.0 Å². The van der Waals surface area contributed by atoms with Crippen LogP contribution >= 0.6 is 0 Å². The van der Waals surface area contributed by atoms with Gasteiger partial charge < -0.3 is 9.88 Å². The van der Waals surface area contributed by atoms with Crippen LogP contribution in [0.3, 0.4) is 0 Å². The third-order valence-corrected chi connectivity index (χ3v) is 5.22. The van der Waals surface area contributed by atoms with Crippen molar-refractivity contribution in [3.63, 3.8) is 0 Å². The summed E-state index contributed by atoms with van der Waals surface area (Å²) < 4.78 is 0. The normalized spacial score (nSPS) is 14.9. The van der Waals surface area contributed by atoms with Crippen LogP contribution < -0.4 is 10.5 Å². The van der Waals surface area contributed by atoms with Crippen molar-refractivity contribution < 1.29 is 0 Å². The van der Waals surface area contributed by atoms with Gasteiger partial charge in [-0.2, -0.15) is 0 Å². The maximum absolute atomic E-state index is 12.1. The van der Waals surface area contributed by atoms with E-state index in [1.54, 1.807) is 6.20 Å². The van der Waals surface area contributed by atoms with Crippen molar-refractivity contribution in [1.29, 1.82) is 0 Å². The van der Waals surface area contributed by atoms with Gasteiger partial charge in [-0.15, -0.1) is 6.42 Å². The first-order valence-corrected chi connectivity index (χ1v) is 9.57. The molecule has 0 aliphatic carbocycles. The number of anilines is 1. The van der Waals surface area contributed by atoms with E-state index in [1.165, 1.54) is 0 Å². The van der Waals surface area contributed by atoms with Crippen molar-refractivity contribution in [2.45, 2.75) is 19.9 Å². The first kappa shape index (κ1) is 18.2. The zero-order valence-corrected chi connectivity index (χ0v) is 16.0. The Hall–Kier alpha value is -3.17. The second-order valence-corrected chi connectivity index (χ2v) is 7.07. The van der Waals surface area contributed by atoms with Crippen LogP contribution in [0, 0.1) is 12.3 Å². The molecule has 0 aromatic carbocycles. The highest BCUT2D eigenvalue weighted by atomic mass is 16.1. The van der Waals surface area contributed by atoms with Crippen molar-refractivity contribution in [3.05, 3.63) is 63.7 Å². The Morgan fingerprint density at radius 2 is 1.96 bits per heavy atom. The van der Waals surface area contributed by atoms with E-state index >= 15 is 0 Å². The number of nitrogens with zero attached hydrogens (tertiary/aromatic N) is 4. The molecule has 6 heteroatoms. The number of aromatic nitrogens is 3. The lowest BCUT2D eigenvalue weighted by molar-refractivity contribution is 0.249. The molecule has 0 amide bonds. The molecule has 4 rings (SSSR count). The minimum atomic E-state index is -0.0223. The average Bonchev–Trinajstić information content (AvgIpc) is 2.74. The molecule has 0 saturated carbocycles. The average molecular weight is 373 g/mol. The highest BCUT2D eigenvalue weighted by molar-refractivity contribution is 5.74. The molecule has 0 bridgehead atoms. The number of aryl methyl sites for hydroxylation is 1. The van der Waals surface area contributed by atoms with Gasteiger partial charge in [-0.1, -0.05) is 12.8 Å². The minimum absolute atomic E-state index is 0.0223. The lowest BCUT2D eigenvalue weighted by Gasteiger charge is -2.35. The summed E-state index contributed by atoms with van der Waals surface area (Å²) >= 11 is 0. The van der Waals surface area contributed by atoms with Crippen molar-refractivity contribution in [2.24, 2.45) is 0 Å². The van der Waals surface area contributed by atoms with Gasteiger partial charge in [0.05, 0.1) is 11.0 Å². The smallest absolute Gasteiger partial charge is 0.251 e. The molecule has 4 heterocycles. The van der Waals surface area contributed by atoms with Crippen LogP contribution in [0.4, 0.5) is 5.82 Å². The molecule has 0 radical (unpaired) electrons. The van der Waals surface area contributed by atoms with E-state index in [2.05, 4.69) is 30.7 Å². The molecule has 1 aliphatic heterocycles. The fourth-order valence-corrected chi connectivity index (χ4v) is 3.57. The minimum Gasteiger partial charge on any atom is -0.354 e. The number of hydrogen-bond donors (Lipinski definition) is 1. The first-order chi connectivity index (χ1) is 13.7. The van der Waals surface area contributed by atoms with Gasteiger partial charge in [0.1, 0.15) is 5.82 Å². The number of aromatic amines is 1. The maximum atomic E-state index is 12.1. The number of fused-ring (bicyclic) bond motifs is 1. The van der Waals surface area contributed by atoms with E-state index in [0.717, 1.165) is 66.3 Å². The lowest BCUT2D eigenvalue weighted by atomic mass is 10.1. The van der Waals surface area contributed by atoms with Gasteiger partial charge in [-0.25, -0.2) is 4.98 Å². The third kappa shape index (κ3) is 3.75. The van der Waals surface area contributed by atoms with Crippen LogP contribution in [0.15, 0.2) is 41.5 Å². The van der Waals surface area contributed by atoms with Crippen LogP contribution in [0.1, 0.15) is 23.6 Å². The number of nitrogens with one attached hydrogen (secondary N) is 1. The van der Waals surface area contributed by atoms with Crippen molar-refractivity contribution in [2.75, 3.05) is 31.1 Å². The van der Waals surface area contributed by atoms with Gasteiger partial charge in [0.2, 0.25) is 0 Å². The van der Waals surface area contributed by atoms with Crippen molar-refractivity contribution in [3.8, 4) is 12.3 Å². The molecule has 3 aromatic heterocycles. The summed E-state index contributed by atoms with van der Waals surface area (Å²) in [7, 11) is 0. The van der Waals surface area contributed by atoms with Crippen LogP contribution in [-0.4, -0.2) is 46.0 Å². The molecule has 0 spiro atoms. The predicted octanol–water partition coefficient (Wildman–Crippen LogP) is 2.18. The zero-order valence-electron chi connectivity index (χ0n) is 16.0. The van der Waals surface area contributed by atoms with Gasteiger partial charge in [-0.3, -0.25) is 14.7 Å². The Morgan fingerprint density at radius 1 is 1.14 bits per heavy atom. The van der Waals surface area contributed by atoms with Crippen molar-refractivity contribution in [1.82, 2.24) is 19.9 Å². The molecule has 28 heavy (non-hydrogen) atoms. The zero-order chi connectivity index (χ0) is 19.5. The molecule has 0 unspecified atom stereocenters. The van der Waals surface area contributed by atoms with Gasteiger partial charge in [0, 0.05) is 56.2 Å². The topological polar surface area (TPSA) is 65.1 Å². The van der Waals surface area contributed by atoms with E-state index in [0.29, 0.717) is 6.42 Å². The van der Waals surface area contributed by atoms with Crippen LogP contribution in [0.2, 0.25) is 0 Å². The molecule has 0 atom stereocenters. The third-order valence-electron chi connectivity index (χ3n) is 5.22. The van der Waals surface area contributed by atoms with Crippen molar-refractivity contribution >= 4 is 16.9 Å². The van der Waals surface area contributed by atoms with Gasteiger partial charge >= 0.3 is 0 Å². The first-order valence-electron chi connectivity index (χ1n) is 9.57. The molecule has 142 valence electrons. The molecule has 3 aromatic rings. The Balaban J connectivity index is 1.41. The second kappa shape index (κ2) is 7.83. The van der Waals surface area contributed by atoms with Gasteiger partial charge in [0.15, 0.2) is 0 Å². The Morgan fingerprint density at radius 3 is 2.64 bits per heavy atom. The van der Waals surface area contributed by atoms with E-state index in [1.807, 2.05) is 37.4 Å². The quantitative estimate of drug-likeness (QED) is 0.710. The number of pyridine rings is 3. The molecular weight excluding hydrogens is 350 g/mol. The summed E-state index contributed by atoms with van der Waals surface area (Å²) in [4.78, 5) is 28.7. The van der Waals surface area contributed by atoms with E-state index in [9.17, 15) is 4.79 Å². The molecule has 1 fully saturated rings. The number of terminal acetylenes is 1. The number of rotatable bonds is 4. The Bertz CT molecular complexity index is 1070. The largest absolute Gasteiger partial charge is 0.354 e. The van der Waals surface area contributed by atoms with Crippen LogP contribution in [-0.2, 0) is 13.0 Å². The summed E-state index contributed by atoms with van der Waals surface area (Å²) in [6, 6.07) is 7.84. The Labute approximate surface area is 164 Å². The Kier molecular flexibility index (Phi) is 5.09. The van der Waals surface area contributed by atoms with E-state index < -0.39 is 0 Å². The van der Waals surface area contributed by atoms with Gasteiger partial charge in [-0.05, 0) is 36.2 Å². The number of piperazine rings is 1. The molecular formula is C22H23N5O. The summed E-state index contributed by atoms with van der Waals surface area (Å²) in [6.07, 6.45) is 9.75. The second-order valence-electron chi connectivity index (χ2n) is 7.07.